The van der Waals surface area contributed by atoms with Crippen molar-refractivity contribution in [1.29, 1.82) is 0 Å². The number of H-pyrrole nitrogens is 3. The number of sulfone groups is 4. The Morgan fingerprint density at radius 2 is 0.919 bits per heavy atom. The van der Waals surface area contributed by atoms with E-state index in [0.717, 1.165) is 59.4 Å². The van der Waals surface area contributed by atoms with Crippen LogP contribution in [0.4, 0.5) is 21.5 Å². The first kappa shape index (κ1) is 85.0. The Kier molecular flexibility index (Phi) is 29.7. The zero-order valence-electron chi connectivity index (χ0n) is 62.0. The third kappa shape index (κ3) is 23.3. The van der Waals surface area contributed by atoms with Gasteiger partial charge in [0.1, 0.15) is 24.3 Å². The smallest absolute Gasteiger partial charge is 0.238 e. The number of nitrogens with two attached hydrogens (primary N) is 1. The SMILES string of the molecule is C[C@H](N)Cc1c[nH]c2ccccc12.C[C@H]1Cc2c([nH]c3ccccc23)[C@H](c2ccc(N3CCS(=O)(=O)CC3)cc2)N1.C[C@H]1Cc2c([nH]c3ccccc23)[C@H](c2ccc(N3CCS(=O)(=O)CC3)cc2)N1C(=O)CCl.O=C(Cl)CCl.O=Cc1ccc(F)cc1.O=Cc1ccc(N2CCS(=O)(=O)CC2)cc1.O=S1(=O)CCNCC1. The van der Waals surface area contributed by atoms with Crippen LogP contribution in [0.3, 0.4) is 0 Å². The van der Waals surface area contributed by atoms with E-state index in [1.165, 1.54) is 79.4 Å². The fraction of sp³-hybridized carbons (Fsp3) is 0.358. The van der Waals surface area contributed by atoms with Crippen LogP contribution in [-0.4, -0.2) is 206 Å². The number of aromatic amines is 3. The number of nitrogens with one attached hydrogen (secondary N) is 5. The van der Waals surface area contributed by atoms with E-state index in [1.54, 1.807) is 12.1 Å². The number of hydrogen-bond acceptors (Lipinski definition) is 18. The molecule has 3 aromatic heterocycles. The van der Waals surface area contributed by atoms with Crippen LogP contribution in [0, 0.1) is 5.82 Å². The molecule has 22 nitrogen and oxygen atoms in total. The van der Waals surface area contributed by atoms with E-state index in [9.17, 15) is 57.2 Å². The Morgan fingerprint density at radius 1 is 0.523 bits per heavy atom. The molecule has 4 saturated heterocycles. The minimum Gasteiger partial charge on any atom is -0.369 e. The molecule has 0 bridgehead atoms. The predicted octanol–water partition coefficient (Wildman–Crippen LogP) is 11.0. The van der Waals surface area contributed by atoms with Crippen molar-refractivity contribution in [3.8, 4) is 0 Å². The van der Waals surface area contributed by atoms with E-state index in [0.29, 0.717) is 87.3 Å². The average molecular weight is 1650 g/mol. The number of halogens is 4. The molecule has 0 saturated carbocycles. The molecule has 0 radical (unpaired) electrons. The summed E-state index contributed by atoms with van der Waals surface area (Å²) < 4.78 is 103. The molecule has 0 unspecified atom stereocenters. The van der Waals surface area contributed by atoms with Crippen molar-refractivity contribution in [3.63, 3.8) is 0 Å². The minimum atomic E-state index is -2.92. The van der Waals surface area contributed by atoms with Gasteiger partial charge in [-0.05, 0) is 170 Å². The number of fused-ring (bicyclic) bond motifs is 7. The molecule has 30 heteroatoms. The highest BCUT2D eigenvalue weighted by atomic mass is 35.5. The highest BCUT2D eigenvalue weighted by molar-refractivity contribution is 7.92. The lowest BCUT2D eigenvalue weighted by Gasteiger charge is -2.41. The van der Waals surface area contributed by atoms with Crippen LogP contribution in [0.1, 0.15) is 92.8 Å². The summed E-state index contributed by atoms with van der Waals surface area (Å²) in [5.41, 5.74) is 21.9. The second-order valence-electron chi connectivity index (χ2n) is 28.1. The second-order valence-corrected chi connectivity index (χ2v) is 38.3. The normalized spacial score (nSPS) is 20.1. The predicted molar refractivity (Wildman–Crippen MR) is 445 cm³/mol. The maximum absolute atomic E-state index is 12.9. The largest absolute Gasteiger partial charge is 0.369 e. The minimum absolute atomic E-state index is 0.0185. The van der Waals surface area contributed by atoms with Crippen molar-refractivity contribution in [1.82, 2.24) is 30.5 Å². The van der Waals surface area contributed by atoms with Gasteiger partial charge >= 0.3 is 0 Å². The molecule has 1 amide bonds. The number of aldehydes is 2. The molecular formula is C81H94Cl3FN10O12S4. The lowest BCUT2D eigenvalue weighted by Crippen LogP contribution is -2.47. The molecule has 9 heterocycles. The van der Waals surface area contributed by atoms with Gasteiger partial charge in [-0.1, -0.05) is 78.9 Å². The topological polar surface area (TPSA) is 315 Å². The van der Waals surface area contributed by atoms with E-state index in [2.05, 4.69) is 128 Å². The van der Waals surface area contributed by atoms with Gasteiger partial charge in [0, 0.05) is 149 Å². The first-order valence-corrected chi connectivity index (χ1v) is 45.4. The Bertz CT molecular complexity index is 5250. The van der Waals surface area contributed by atoms with E-state index in [4.69, 9.17) is 40.5 Å². The van der Waals surface area contributed by atoms with Gasteiger partial charge in [0.15, 0.2) is 39.3 Å². The van der Waals surface area contributed by atoms with Crippen LogP contribution in [-0.2, 0) is 68.2 Å². The van der Waals surface area contributed by atoms with Crippen molar-refractivity contribution >= 4 is 148 Å². The summed E-state index contributed by atoms with van der Waals surface area (Å²) in [7, 11) is -11.3. The molecule has 10 aromatic rings. The molecule has 4 fully saturated rings. The molecule has 0 spiro atoms. The number of amides is 1. The van der Waals surface area contributed by atoms with Crippen molar-refractivity contribution in [2.45, 2.75) is 70.2 Å². The average Bonchev–Trinajstić information content (AvgIpc) is 1.63. The van der Waals surface area contributed by atoms with Crippen molar-refractivity contribution in [2.75, 3.05) is 125 Å². The van der Waals surface area contributed by atoms with Gasteiger partial charge in [-0.15, -0.1) is 23.2 Å². The van der Waals surface area contributed by atoms with Gasteiger partial charge in [-0.3, -0.25) is 19.2 Å². The summed E-state index contributed by atoms with van der Waals surface area (Å²) in [5.74, 6) is 1.35. The number of nitrogens with zero attached hydrogens (tertiary/aromatic N) is 4. The Balaban J connectivity index is 0.000000149. The Hall–Kier alpha value is -8.48. The lowest BCUT2D eigenvalue weighted by atomic mass is 9.88. The standard InChI is InChI=1S/C24H26ClN3O3S.C22H25N3O2S.C11H14N2.C11H13NO3S.C7H5FO.C4H9NO2S.C2H2Cl2O/c1-16-14-20-19-4-2-3-5-21(19)26-23(20)24(28(16)22(29)15-25)17-6-8-18(9-7-17)27-10-12-32(30,31)13-11-27;1-15-14-19-18-4-2-3-5-20(18)24-22(19)21(23-15)16-6-8-17(9-7-16)25-10-12-28(26,27)13-11-25;1-8(12)6-9-7-13-11-5-3-2-4-10(9)11;13-9-10-1-3-11(4-2-10)12-5-7-16(14,15)8-6-12;8-7-3-1-6(5-9)2-4-7;6-8(7)3-1-5-2-4-8;3-1-2(4)5/h2-9,16,24,26H,10-15H2,1H3;2-9,15,21,23-24H,10-14H2,1H3;2-5,7-8,13H,6,12H2,1H3;1-4,9H,5-8H2;1-5H;5H,1-4H2;1H2/t16-,24-;15-,21-;8-;;;;/m000..../s1. The summed E-state index contributed by atoms with van der Waals surface area (Å²) in [6, 6.07) is 54.9. The summed E-state index contributed by atoms with van der Waals surface area (Å²) in [6.45, 7) is 10.8. The first-order chi connectivity index (χ1) is 53.1. The van der Waals surface area contributed by atoms with Crippen LogP contribution in [0.25, 0.3) is 32.7 Å². The Labute approximate surface area is 663 Å². The number of carbonyl (C=O) groups is 4. The highest BCUT2D eigenvalue weighted by Crippen LogP contribution is 2.42. The molecule has 5 atom stereocenters. The van der Waals surface area contributed by atoms with Crippen LogP contribution in [0.5, 0.6) is 0 Å². The number of aromatic nitrogens is 3. The monoisotopic (exact) mass is 1650 g/mol. The fourth-order valence-electron chi connectivity index (χ4n) is 14.2. The number of para-hydroxylation sites is 3. The molecular weight excluding hydrogens is 1560 g/mol. The van der Waals surface area contributed by atoms with Crippen LogP contribution in [0.2, 0.25) is 0 Å². The lowest BCUT2D eigenvalue weighted by molar-refractivity contribution is -0.133. The van der Waals surface area contributed by atoms with Gasteiger partial charge in [-0.25, -0.2) is 38.1 Å². The molecule has 16 rings (SSSR count). The second kappa shape index (κ2) is 38.8. The van der Waals surface area contributed by atoms with Gasteiger partial charge in [-0.2, -0.15) is 0 Å². The van der Waals surface area contributed by atoms with Crippen molar-refractivity contribution in [3.05, 3.63) is 232 Å². The Morgan fingerprint density at radius 3 is 1.34 bits per heavy atom. The highest BCUT2D eigenvalue weighted by Gasteiger charge is 2.39. The summed E-state index contributed by atoms with van der Waals surface area (Å²) in [5, 5.41) is 10.00. The zero-order valence-corrected chi connectivity index (χ0v) is 67.6. The number of benzene rings is 7. The molecule has 6 aliphatic heterocycles. The van der Waals surface area contributed by atoms with Crippen LogP contribution >= 0.6 is 34.8 Å². The first-order valence-electron chi connectivity index (χ1n) is 36.7. The van der Waals surface area contributed by atoms with E-state index in [1.807, 2.05) is 77.5 Å². The van der Waals surface area contributed by atoms with Crippen molar-refractivity contribution < 1.29 is 57.2 Å². The number of carbonyl (C=O) groups excluding carboxylic acids is 4. The van der Waals surface area contributed by atoms with E-state index >= 15 is 0 Å². The third-order valence-corrected chi connectivity index (χ3v) is 27.2. The van der Waals surface area contributed by atoms with Gasteiger partial charge in [0.05, 0.1) is 64.0 Å². The van der Waals surface area contributed by atoms with Gasteiger partial charge in [0.2, 0.25) is 11.1 Å². The maximum atomic E-state index is 12.9. The summed E-state index contributed by atoms with van der Waals surface area (Å²) in [4.78, 5) is 61.4. The quantitative estimate of drug-likeness (QED) is 0.0398. The summed E-state index contributed by atoms with van der Waals surface area (Å²) >= 11 is 15.5. The van der Waals surface area contributed by atoms with Crippen LogP contribution < -0.4 is 31.1 Å². The third-order valence-electron chi connectivity index (χ3n) is 20.0. The van der Waals surface area contributed by atoms with Crippen molar-refractivity contribution in [2.24, 2.45) is 5.73 Å². The molecule has 0 aliphatic carbocycles. The van der Waals surface area contributed by atoms with Gasteiger partial charge in [0.25, 0.3) is 0 Å². The maximum Gasteiger partial charge on any atom is 0.238 e. The molecule has 6 aliphatic rings. The number of alkyl halides is 2. The van der Waals surface area contributed by atoms with E-state index in [-0.39, 0.29) is 82.2 Å². The number of rotatable bonds is 11. The molecule has 7 N–H and O–H groups in total. The number of hydrogen-bond donors (Lipinski definition) is 6. The number of anilines is 3. The molecule has 7 aromatic carbocycles. The van der Waals surface area contributed by atoms with E-state index < -0.39 is 44.6 Å². The van der Waals surface area contributed by atoms with Gasteiger partial charge < -0.3 is 50.9 Å². The van der Waals surface area contributed by atoms with Crippen LogP contribution in [0.15, 0.2) is 176 Å². The fourth-order valence-corrected chi connectivity index (χ4v) is 19.1. The molecule has 111 heavy (non-hydrogen) atoms. The molecule has 592 valence electrons. The zero-order chi connectivity index (χ0) is 79.6. The summed E-state index contributed by atoms with van der Waals surface area (Å²) in [6.07, 6.45) is 6.26.